The van der Waals surface area contributed by atoms with Crippen molar-refractivity contribution in [3.8, 4) is 0 Å². The van der Waals surface area contributed by atoms with Gasteiger partial charge in [-0.15, -0.1) is 0 Å². The van der Waals surface area contributed by atoms with Gasteiger partial charge in [-0.1, -0.05) is 66.5 Å². The highest BCUT2D eigenvalue weighted by molar-refractivity contribution is 6.03. The van der Waals surface area contributed by atoms with E-state index >= 15 is 0 Å². The second-order valence-corrected chi connectivity index (χ2v) is 7.78. The summed E-state index contributed by atoms with van der Waals surface area (Å²) in [6.07, 6.45) is 5.32. The van der Waals surface area contributed by atoms with Crippen LogP contribution in [0.15, 0.2) is 24.3 Å². The molecule has 1 rings (SSSR count). The highest BCUT2D eigenvalue weighted by Gasteiger charge is 2.26. The second-order valence-electron chi connectivity index (χ2n) is 7.78. The van der Waals surface area contributed by atoms with Crippen molar-refractivity contribution < 1.29 is 19.1 Å². The van der Waals surface area contributed by atoms with Crippen LogP contribution >= 0.6 is 0 Å². The fourth-order valence-corrected chi connectivity index (χ4v) is 3.73. The molecule has 0 amide bonds. The molecule has 0 aliphatic carbocycles. The summed E-state index contributed by atoms with van der Waals surface area (Å²) in [6, 6.07) is 6.79. The molecule has 4 atom stereocenters. The molecule has 0 saturated carbocycles. The Morgan fingerprint density at radius 1 is 0.750 bits per heavy atom. The number of hydrogen-bond donors (Lipinski definition) is 0. The number of rotatable bonds is 12. The predicted molar refractivity (Wildman–Crippen MR) is 114 cm³/mol. The molecular weight excluding hydrogens is 352 g/mol. The number of benzene rings is 1. The number of esters is 2. The lowest BCUT2D eigenvalue weighted by Crippen LogP contribution is -2.28. The fourth-order valence-electron chi connectivity index (χ4n) is 3.73. The Balaban J connectivity index is 2.96. The largest absolute Gasteiger partial charge is 0.458 e. The van der Waals surface area contributed by atoms with Crippen LogP contribution in [0.3, 0.4) is 0 Å². The second kappa shape index (κ2) is 12.6. The molecule has 1 aromatic carbocycles. The first kappa shape index (κ1) is 24.2. The van der Waals surface area contributed by atoms with Crippen LogP contribution in [0.25, 0.3) is 0 Å². The standard InChI is InChI=1S/C24H38O4/c1-7-13-17(5)21(9-3)27-23(25)19-15-11-12-16-20(19)24(26)28-22(10-4)18(6)14-8-2/h11-12,15-18,21-22H,7-10,13-14H2,1-6H3. The van der Waals surface area contributed by atoms with Crippen molar-refractivity contribution in [3.63, 3.8) is 0 Å². The topological polar surface area (TPSA) is 52.6 Å². The van der Waals surface area contributed by atoms with Crippen LogP contribution in [0.1, 0.15) is 101 Å². The van der Waals surface area contributed by atoms with Crippen LogP contribution < -0.4 is 0 Å². The number of ether oxygens (including phenoxy) is 2. The summed E-state index contributed by atoms with van der Waals surface area (Å²) >= 11 is 0. The third-order valence-corrected chi connectivity index (χ3v) is 5.45. The van der Waals surface area contributed by atoms with Gasteiger partial charge in [0.2, 0.25) is 0 Å². The summed E-state index contributed by atoms with van der Waals surface area (Å²) in [4.78, 5) is 25.6. The maximum Gasteiger partial charge on any atom is 0.339 e. The van der Waals surface area contributed by atoms with Crippen molar-refractivity contribution in [2.45, 2.75) is 92.3 Å². The molecule has 4 unspecified atom stereocenters. The zero-order valence-electron chi connectivity index (χ0n) is 18.5. The summed E-state index contributed by atoms with van der Waals surface area (Å²) < 4.78 is 11.5. The van der Waals surface area contributed by atoms with Gasteiger partial charge >= 0.3 is 11.9 Å². The molecule has 0 saturated heterocycles. The molecule has 0 aromatic heterocycles. The molecule has 0 bridgehead atoms. The lowest BCUT2D eigenvalue weighted by atomic mass is 9.97. The van der Waals surface area contributed by atoms with Crippen molar-refractivity contribution in [1.82, 2.24) is 0 Å². The Kier molecular flexibility index (Phi) is 10.9. The summed E-state index contributed by atoms with van der Waals surface area (Å²) in [6.45, 7) is 12.5. The SMILES string of the molecule is CCCC(C)C(CC)OC(=O)c1ccccc1C(=O)OC(CC)C(C)CCC. The third-order valence-electron chi connectivity index (χ3n) is 5.45. The molecule has 158 valence electrons. The zero-order valence-corrected chi connectivity index (χ0v) is 18.5. The molecule has 4 nitrogen and oxygen atoms in total. The van der Waals surface area contributed by atoms with E-state index in [9.17, 15) is 9.59 Å². The highest BCUT2D eigenvalue weighted by atomic mass is 16.6. The molecule has 0 heterocycles. The Morgan fingerprint density at radius 3 is 1.39 bits per heavy atom. The van der Waals surface area contributed by atoms with Crippen molar-refractivity contribution in [2.24, 2.45) is 11.8 Å². The van der Waals surface area contributed by atoms with Crippen LogP contribution in [0.4, 0.5) is 0 Å². The average Bonchev–Trinajstić information content (AvgIpc) is 2.70. The smallest absolute Gasteiger partial charge is 0.339 e. The maximum absolute atomic E-state index is 12.8. The molecule has 4 heteroatoms. The van der Waals surface area contributed by atoms with E-state index in [1.54, 1.807) is 24.3 Å². The Labute approximate surface area is 171 Å². The van der Waals surface area contributed by atoms with Gasteiger partial charge in [0.25, 0.3) is 0 Å². The first-order valence-electron chi connectivity index (χ1n) is 10.9. The normalized spacial score (nSPS) is 15.4. The molecule has 0 N–H and O–H groups in total. The highest BCUT2D eigenvalue weighted by Crippen LogP contribution is 2.22. The minimum Gasteiger partial charge on any atom is -0.458 e. The fraction of sp³-hybridized carbons (Fsp3) is 0.667. The van der Waals surface area contributed by atoms with Gasteiger partial charge < -0.3 is 9.47 Å². The van der Waals surface area contributed by atoms with Crippen LogP contribution in [0, 0.1) is 11.8 Å². The Bertz CT molecular complexity index is 557. The van der Waals surface area contributed by atoms with E-state index < -0.39 is 11.9 Å². The van der Waals surface area contributed by atoms with Gasteiger partial charge in [0, 0.05) is 0 Å². The lowest BCUT2D eigenvalue weighted by Gasteiger charge is -2.24. The summed E-state index contributed by atoms with van der Waals surface area (Å²) in [5.41, 5.74) is 0.570. The van der Waals surface area contributed by atoms with Crippen molar-refractivity contribution in [3.05, 3.63) is 35.4 Å². The van der Waals surface area contributed by atoms with Gasteiger partial charge in [0.15, 0.2) is 0 Å². The molecule has 0 fully saturated rings. The van der Waals surface area contributed by atoms with Crippen molar-refractivity contribution in [2.75, 3.05) is 0 Å². The van der Waals surface area contributed by atoms with Gasteiger partial charge in [-0.05, 0) is 49.7 Å². The first-order valence-corrected chi connectivity index (χ1v) is 10.9. The van der Waals surface area contributed by atoms with Gasteiger partial charge in [-0.25, -0.2) is 9.59 Å². The van der Waals surface area contributed by atoms with Gasteiger partial charge in [-0.2, -0.15) is 0 Å². The number of carbonyl (C=O) groups is 2. The van der Waals surface area contributed by atoms with E-state index in [1.807, 2.05) is 13.8 Å². The van der Waals surface area contributed by atoms with E-state index in [2.05, 4.69) is 27.7 Å². The van der Waals surface area contributed by atoms with E-state index in [4.69, 9.17) is 9.47 Å². The Morgan fingerprint density at radius 2 is 1.11 bits per heavy atom. The predicted octanol–water partition coefficient (Wildman–Crippen LogP) is 6.43. The summed E-state index contributed by atoms with van der Waals surface area (Å²) in [7, 11) is 0. The monoisotopic (exact) mass is 390 g/mol. The molecule has 0 aliphatic rings. The van der Waals surface area contributed by atoms with Crippen LogP contribution in [-0.4, -0.2) is 24.1 Å². The lowest BCUT2D eigenvalue weighted by molar-refractivity contribution is 0.00927. The number of hydrogen-bond acceptors (Lipinski definition) is 4. The van der Waals surface area contributed by atoms with Crippen LogP contribution in [0.2, 0.25) is 0 Å². The minimum absolute atomic E-state index is 0.149. The summed E-state index contributed by atoms with van der Waals surface area (Å²) in [5.74, 6) is -0.316. The molecule has 0 radical (unpaired) electrons. The van der Waals surface area contributed by atoms with Crippen molar-refractivity contribution >= 4 is 11.9 Å². The van der Waals surface area contributed by atoms with Gasteiger partial charge in [0.05, 0.1) is 11.1 Å². The van der Waals surface area contributed by atoms with Crippen molar-refractivity contribution in [1.29, 1.82) is 0 Å². The number of carbonyl (C=O) groups excluding carboxylic acids is 2. The van der Waals surface area contributed by atoms with Crippen LogP contribution in [-0.2, 0) is 9.47 Å². The minimum atomic E-state index is -0.447. The van der Waals surface area contributed by atoms with Crippen LogP contribution in [0.5, 0.6) is 0 Å². The molecule has 0 aliphatic heterocycles. The first-order chi connectivity index (χ1) is 13.4. The zero-order chi connectivity index (χ0) is 21.1. The van der Waals surface area contributed by atoms with Gasteiger partial charge in [-0.3, -0.25) is 0 Å². The molecule has 0 spiro atoms. The van der Waals surface area contributed by atoms with E-state index in [0.29, 0.717) is 0 Å². The summed E-state index contributed by atoms with van der Waals surface area (Å²) in [5, 5.41) is 0. The third kappa shape index (κ3) is 6.96. The molecule has 1 aromatic rings. The average molecular weight is 391 g/mol. The maximum atomic E-state index is 12.8. The Hall–Kier alpha value is -1.84. The van der Waals surface area contributed by atoms with E-state index in [1.165, 1.54) is 0 Å². The quantitative estimate of drug-likeness (QED) is 0.386. The molecule has 28 heavy (non-hydrogen) atoms. The van der Waals surface area contributed by atoms with E-state index in [0.717, 1.165) is 38.5 Å². The van der Waals surface area contributed by atoms with Gasteiger partial charge in [0.1, 0.15) is 12.2 Å². The van der Waals surface area contributed by atoms with E-state index in [-0.39, 0.29) is 35.2 Å². The molecular formula is C24H38O4.